The molecule has 1 aromatic rings. The minimum absolute atomic E-state index is 0.608. The lowest BCUT2D eigenvalue weighted by molar-refractivity contribution is 0.462. The van der Waals surface area contributed by atoms with E-state index in [4.69, 9.17) is 0 Å². The number of hydrogen-bond acceptors (Lipinski definition) is 1. The Morgan fingerprint density at radius 3 is 2.50 bits per heavy atom. The van der Waals surface area contributed by atoms with Gasteiger partial charge in [-0.1, -0.05) is 39.3 Å². The van der Waals surface area contributed by atoms with Crippen molar-refractivity contribution in [2.45, 2.75) is 53.0 Å². The molecule has 0 aliphatic heterocycles. The molecule has 16 heavy (non-hydrogen) atoms. The molecule has 0 saturated heterocycles. The van der Waals surface area contributed by atoms with Crippen LogP contribution in [0.1, 0.15) is 45.6 Å². The number of rotatable bonds is 6. The van der Waals surface area contributed by atoms with Crippen LogP contribution < -0.4 is 5.32 Å². The third kappa shape index (κ3) is 4.26. The van der Waals surface area contributed by atoms with Crippen LogP contribution in [-0.2, 0) is 0 Å². The Morgan fingerprint density at radius 1 is 1.19 bits per heavy atom. The van der Waals surface area contributed by atoms with E-state index in [1.54, 1.807) is 0 Å². The number of anilines is 1. The summed E-state index contributed by atoms with van der Waals surface area (Å²) in [6.07, 6.45) is 3.73. The van der Waals surface area contributed by atoms with Gasteiger partial charge in [-0.25, -0.2) is 0 Å². The fourth-order valence-electron chi connectivity index (χ4n) is 1.95. The summed E-state index contributed by atoms with van der Waals surface area (Å²) in [7, 11) is 0. The van der Waals surface area contributed by atoms with Crippen molar-refractivity contribution in [3.05, 3.63) is 29.8 Å². The minimum atomic E-state index is 0.608. The van der Waals surface area contributed by atoms with Gasteiger partial charge in [0.25, 0.3) is 0 Å². The SMILES string of the molecule is CCC(C)CC(CC)Nc1cccc(C)c1. The van der Waals surface area contributed by atoms with E-state index in [1.165, 1.54) is 30.5 Å². The summed E-state index contributed by atoms with van der Waals surface area (Å²) >= 11 is 0. The summed E-state index contributed by atoms with van der Waals surface area (Å²) < 4.78 is 0. The first-order chi connectivity index (χ1) is 7.65. The van der Waals surface area contributed by atoms with Crippen molar-refractivity contribution in [2.75, 3.05) is 5.32 Å². The molecular formula is C15H25N. The first-order valence-corrected chi connectivity index (χ1v) is 6.48. The van der Waals surface area contributed by atoms with Crippen molar-refractivity contribution < 1.29 is 0 Å². The lowest BCUT2D eigenvalue weighted by Crippen LogP contribution is -2.21. The highest BCUT2D eigenvalue weighted by Gasteiger charge is 2.09. The molecule has 0 radical (unpaired) electrons. The van der Waals surface area contributed by atoms with Gasteiger partial charge in [0.15, 0.2) is 0 Å². The summed E-state index contributed by atoms with van der Waals surface area (Å²) in [6, 6.07) is 9.25. The highest BCUT2D eigenvalue weighted by Crippen LogP contribution is 2.18. The van der Waals surface area contributed by atoms with Gasteiger partial charge in [0.05, 0.1) is 0 Å². The summed E-state index contributed by atoms with van der Waals surface area (Å²) in [5, 5.41) is 3.63. The van der Waals surface area contributed by atoms with Gasteiger partial charge in [0.2, 0.25) is 0 Å². The van der Waals surface area contributed by atoms with E-state index in [0.29, 0.717) is 6.04 Å². The topological polar surface area (TPSA) is 12.0 Å². The molecule has 0 fully saturated rings. The lowest BCUT2D eigenvalue weighted by Gasteiger charge is -2.21. The smallest absolute Gasteiger partial charge is 0.0344 e. The Labute approximate surface area is 100 Å². The van der Waals surface area contributed by atoms with Gasteiger partial charge in [0, 0.05) is 11.7 Å². The second kappa shape index (κ2) is 6.57. The fraction of sp³-hybridized carbons (Fsp3) is 0.600. The van der Waals surface area contributed by atoms with E-state index >= 15 is 0 Å². The van der Waals surface area contributed by atoms with Crippen LogP contribution in [0.3, 0.4) is 0 Å². The average Bonchev–Trinajstić information content (AvgIpc) is 2.28. The third-order valence-corrected chi connectivity index (χ3v) is 3.27. The van der Waals surface area contributed by atoms with Crippen LogP contribution in [0, 0.1) is 12.8 Å². The first-order valence-electron chi connectivity index (χ1n) is 6.48. The largest absolute Gasteiger partial charge is 0.382 e. The van der Waals surface area contributed by atoms with E-state index < -0.39 is 0 Å². The van der Waals surface area contributed by atoms with Crippen LogP contribution in [0.2, 0.25) is 0 Å². The monoisotopic (exact) mass is 219 g/mol. The summed E-state index contributed by atoms with van der Waals surface area (Å²) in [4.78, 5) is 0. The van der Waals surface area contributed by atoms with Crippen molar-refractivity contribution >= 4 is 5.69 Å². The van der Waals surface area contributed by atoms with Gasteiger partial charge >= 0.3 is 0 Å². The maximum atomic E-state index is 3.63. The Bertz CT molecular complexity index is 306. The van der Waals surface area contributed by atoms with Crippen LogP contribution >= 0.6 is 0 Å². The number of nitrogens with one attached hydrogen (secondary N) is 1. The maximum Gasteiger partial charge on any atom is 0.0344 e. The fourth-order valence-corrected chi connectivity index (χ4v) is 1.95. The van der Waals surface area contributed by atoms with Gasteiger partial charge in [-0.2, -0.15) is 0 Å². The summed E-state index contributed by atoms with van der Waals surface area (Å²) in [5.74, 6) is 0.808. The predicted octanol–water partition coefficient (Wildman–Crippen LogP) is 4.62. The quantitative estimate of drug-likeness (QED) is 0.736. The molecule has 0 heterocycles. The molecule has 0 amide bonds. The second-order valence-electron chi connectivity index (χ2n) is 4.87. The van der Waals surface area contributed by atoms with Crippen molar-refractivity contribution in [3.63, 3.8) is 0 Å². The zero-order valence-electron chi connectivity index (χ0n) is 11.1. The van der Waals surface area contributed by atoms with Gasteiger partial charge < -0.3 is 5.32 Å². The zero-order valence-corrected chi connectivity index (χ0v) is 11.1. The molecule has 0 aliphatic rings. The normalized spacial score (nSPS) is 14.5. The van der Waals surface area contributed by atoms with Crippen molar-refractivity contribution in [1.29, 1.82) is 0 Å². The molecule has 1 heteroatoms. The molecule has 0 bridgehead atoms. The van der Waals surface area contributed by atoms with E-state index in [-0.39, 0.29) is 0 Å². The maximum absolute atomic E-state index is 3.63. The molecule has 1 rings (SSSR count). The molecule has 1 nitrogen and oxygen atoms in total. The Hall–Kier alpha value is -0.980. The molecule has 0 saturated carbocycles. The predicted molar refractivity (Wildman–Crippen MR) is 73.0 cm³/mol. The van der Waals surface area contributed by atoms with Gasteiger partial charge in [0.1, 0.15) is 0 Å². The standard InChI is InChI=1S/C15H25N/c1-5-12(3)10-14(6-2)16-15-9-7-8-13(4)11-15/h7-9,11-12,14,16H,5-6,10H2,1-4H3. The molecule has 0 aromatic heterocycles. The van der Waals surface area contributed by atoms with E-state index in [1.807, 2.05) is 0 Å². The van der Waals surface area contributed by atoms with Gasteiger partial charge in [-0.15, -0.1) is 0 Å². The second-order valence-corrected chi connectivity index (χ2v) is 4.87. The van der Waals surface area contributed by atoms with Crippen LogP contribution in [-0.4, -0.2) is 6.04 Å². The van der Waals surface area contributed by atoms with E-state index in [2.05, 4.69) is 57.3 Å². The number of hydrogen-bond donors (Lipinski definition) is 1. The van der Waals surface area contributed by atoms with Gasteiger partial charge in [-0.3, -0.25) is 0 Å². The lowest BCUT2D eigenvalue weighted by atomic mass is 9.97. The molecule has 1 aromatic carbocycles. The minimum Gasteiger partial charge on any atom is -0.382 e. The molecule has 0 spiro atoms. The molecule has 1 N–H and O–H groups in total. The molecule has 0 aliphatic carbocycles. The highest BCUT2D eigenvalue weighted by molar-refractivity contribution is 5.46. The first kappa shape index (κ1) is 13.1. The van der Waals surface area contributed by atoms with Crippen LogP contribution in [0.25, 0.3) is 0 Å². The third-order valence-electron chi connectivity index (χ3n) is 3.27. The van der Waals surface area contributed by atoms with Crippen molar-refractivity contribution in [3.8, 4) is 0 Å². The number of aryl methyl sites for hydroxylation is 1. The van der Waals surface area contributed by atoms with Crippen LogP contribution in [0.5, 0.6) is 0 Å². The zero-order chi connectivity index (χ0) is 12.0. The van der Waals surface area contributed by atoms with Crippen LogP contribution in [0.15, 0.2) is 24.3 Å². The number of benzene rings is 1. The Morgan fingerprint density at radius 2 is 1.94 bits per heavy atom. The van der Waals surface area contributed by atoms with E-state index in [0.717, 1.165) is 5.92 Å². The Balaban J connectivity index is 2.56. The van der Waals surface area contributed by atoms with Crippen molar-refractivity contribution in [2.24, 2.45) is 5.92 Å². The molecule has 90 valence electrons. The van der Waals surface area contributed by atoms with Crippen LogP contribution in [0.4, 0.5) is 5.69 Å². The van der Waals surface area contributed by atoms with Gasteiger partial charge in [-0.05, 0) is 43.4 Å². The van der Waals surface area contributed by atoms with E-state index in [9.17, 15) is 0 Å². The summed E-state index contributed by atoms with van der Waals surface area (Å²) in [5.41, 5.74) is 2.58. The molecule has 2 atom stereocenters. The molecular weight excluding hydrogens is 194 g/mol. The summed E-state index contributed by atoms with van der Waals surface area (Å²) in [6.45, 7) is 9.00. The highest BCUT2D eigenvalue weighted by atomic mass is 14.9. The average molecular weight is 219 g/mol. The molecule has 2 unspecified atom stereocenters. The Kier molecular flexibility index (Phi) is 5.37. The van der Waals surface area contributed by atoms with Crippen molar-refractivity contribution in [1.82, 2.24) is 0 Å².